The highest BCUT2D eigenvalue weighted by atomic mass is 127. The molecule has 30 heavy (non-hydrogen) atoms. The molecule has 0 radical (unpaired) electrons. The zero-order valence-electron chi connectivity index (χ0n) is 15.7. The molecule has 4 rings (SSSR count). The lowest BCUT2D eigenvalue weighted by molar-refractivity contribution is 0.483. The van der Waals surface area contributed by atoms with Crippen LogP contribution in [0.15, 0.2) is 102 Å². The molecule has 0 saturated heterocycles. The average Bonchev–Trinajstić information content (AvgIpc) is 2.78. The van der Waals surface area contributed by atoms with E-state index in [2.05, 4.69) is 0 Å². The maximum atomic E-state index is 12.6. The molecule has 0 spiro atoms. The van der Waals surface area contributed by atoms with Gasteiger partial charge in [-0.2, -0.15) is 8.42 Å². The van der Waals surface area contributed by atoms with E-state index in [-0.39, 0.29) is 8.47 Å². The molecule has 0 bridgehead atoms. The number of hydrogen-bond acceptors (Lipinski definition) is 3. The monoisotopic (exact) mass is 528 g/mol. The third-order valence-corrected chi connectivity index (χ3v) is 7.64. The van der Waals surface area contributed by atoms with Crippen LogP contribution >= 0.6 is 21.2 Å². The van der Waals surface area contributed by atoms with Crippen LogP contribution < -0.4 is 0 Å². The summed E-state index contributed by atoms with van der Waals surface area (Å²) in [5, 5.41) is 0. The number of benzene rings is 4. The van der Waals surface area contributed by atoms with Gasteiger partial charge < -0.3 is 0 Å². The van der Waals surface area contributed by atoms with Gasteiger partial charge in [0.2, 0.25) is 0 Å². The minimum Gasteiger partial charge on any atom is -0.282 e. The van der Waals surface area contributed by atoms with Crippen molar-refractivity contribution >= 4 is 31.3 Å². The fourth-order valence-electron chi connectivity index (χ4n) is 3.52. The third-order valence-electron chi connectivity index (χ3n) is 4.79. The van der Waals surface area contributed by atoms with E-state index in [1.807, 2.05) is 72.8 Å². The normalized spacial score (nSPS) is 11.4. The van der Waals surface area contributed by atoms with Crippen LogP contribution in [0.4, 0.5) is 0 Å². The fraction of sp³-hybridized carbons (Fsp3) is 0. The van der Waals surface area contributed by atoms with Gasteiger partial charge in [0.15, 0.2) is 21.2 Å². The lowest BCUT2D eigenvalue weighted by Crippen LogP contribution is -2.07. The minimum atomic E-state index is -4.66. The standard InChI is InChI=1S/C24H17IO4S/c26-25-23-21(18-12-6-2-7-13-18)16-20(17-10-4-1-5-11-17)22(24(23)30(27,28)29)19-14-8-3-9-15-19/h1-16H,(H,27,28,29). The van der Waals surface area contributed by atoms with E-state index in [1.54, 1.807) is 24.3 Å². The second-order valence-electron chi connectivity index (χ2n) is 6.64. The van der Waals surface area contributed by atoms with Crippen LogP contribution in [0.25, 0.3) is 33.4 Å². The Bertz CT molecular complexity index is 1300. The Labute approximate surface area is 185 Å². The molecule has 0 aliphatic carbocycles. The van der Waals surface area contributed by atoms with Crippen molar-refractivity contribution < 1.29 is 16.0 Å². The van der Waals surface area contributed by atoms with E-state index >= 15 is 0 Å². The fourth-order valence-corrected chi connectivity index (χ4v) is 6.56. The summed E-state index contributed by atoms with van der Waals surface area (Å²) in [7, 11) is -4.66. The molecule has 0 aromatic heterocycles. The summed E-state index contributed by atoms with van der Waals surface area (Å²) in [5.74, 6) is 0. The summed E-state index contributed by atoms with van der Waals surface area (Å²) < 4.78 is 48.0. The van der Waals surface area contributed by atoms with E-state index in [1.165, 1.54) is 0 Å². The lowest BCUT2D eigenvalue weighted by atomic mass is 9.91. The first-order valence-corrected chi connectivity index (χ1v) is 12.5. The van der Waals surface area contributed by atoms with Crippen molar-refractivity contribution in [1.29, 1.82) is 0 Å². The highest BCUT2D eigenvalue weighted by Gasteiger charge is 2.28. The zero-order chi connectivity index (χ0) is 21.1. The largest absolute Gasteiger partial charge is 0.296 e. The van der Waals surface area contributed by atoms with Crippen molar-refractivity contribution in [3.63, 3.8) is 0 Å². The quantitative estimate of drug-likeness (QED) is 0.240. The summed E-state index contributed by atoms with van der Waals surface area (Å²) in [6.45, 7) is 0. The van der Waals surface area contributed by atoms with Crippen LogP contribution in [0.1, 0.15) is 0 Å². The number of rotatable bonds is 5. The Hall–Kier alpha value is -2.68. The molecule has 0 aliphatic heterocycles. The molecule has 0 atom stereocenters. The van der Waals surface area contributed by atoms with Crippen molar-refractivity contribution in [2.24, 2.45) is 0 Å². The van der Waals surface area contributed by atoms with Gasteiger partial charge in [0, 0.05) is 5.56 Å². The molecule has 4 aromatic carbocycles. The molecule has 6 heteroatoms. The number of hydrogen-bond donors (Lipinski definition) is 1. The zero-order valence-corrected chi connectivity index (χ0v) is 18.7. The minimum absolute atomic E-state index is 0.168. The third kappa shape index (κ3) is 3.98. The molecule has 0 saturated carbocycles. The molecular weight excluding hydrogens is 511 g/mol. The van der Waals surface area contributed by atoms with E-state index in [4.69, 9.17) is 0 Å². The molecule has 0 aliphatic rings. The van der Waals surface area contributed by atoms with Crippen molar-refractivity contribution in [1.82, 2.24) is 0 Å². The van der Waals surface area contributed by atoms with Crippen molar-refractivity contribution in [2.45, 2.75) is 4.90 Å². The summed E-state index contributed by atoms with van der Waals surface area (Å²) in [5.41, 5.74) is 3.72. The smallest absolute Gasteiger partial charge is 0.282 e. The molecular formula is C24H17IO4S. The van der Waals surface area contributed by atoms with Crippen LogP contribution in [0.2, 0.25) is 0 Å². The molecule has 1 N–H and O–H groups in total. The second kappa shape index (κ2) is 8.59. The van der Waals surface area contributed by atoms with Crippen molar-refractivity contribution in [3.8, 4) is 33.4 Å². The van der Waals surface area contributed by atoms with E-state index in [0.29, 0.717) is 22.3 Å². The first-order chi connectivity index (χ1) is 14.5. The molecule has 0 fully saturated rings. The van der Waals surface area contributed by atoms with Crippen LogP contribution in [0.3, 0.4) is 0 Å². The molecule has 4 aromatic rings. The predicted molar refractivity (Wildman–Crippen MR) is 126 cm³/mol. The second-order valence-corrected chi connectivity index (χ2v) is 9.52. The maximum Gasteiger partial charge on any atom is 0.296 e. The van der Waals surface area contributed by atoms with Crippen LogP contribution in [0.5, 0.6) is 0 Å². The molecule has 0 heterocycles. The molecule has 0 amide bonds. The molecule has 150 valence electrons. The van der Waals surface area contributed by atoms with Gasteiger partial charge >= 0.3 is 0 Å². The SMILES string of the molecule is O=Ic1c(-c2ccccc2)cc(-c2ccccc2)c(-c2ccccc2)c1S(=O)(=O)O. The summed E-state index contributed by atoms with van der Waals surface area (Å²) in [6, 6.07) is 29.5. The Kier molecular flexibility index (Phi) is 5.90. The summed E-state index contributed by atoms with van der Waals surface area (Å²) in [6.07, 6.45) is 0. The van der Waals surface area contributed by atoms with Gasteiger partial charge in [-0.05, 0) is 33.9 Å². The van der Waals surface area contributed by atoms with Gasteiger partial charge in [0.1, 0.15) is 4.90 Å². The first kappa shape index (κ1) is 20.6. The van der Waals surface area contributed by atoms with E-state index in [0.717, 1.165) is 11.1 Å². The van der Waals surface area contributed by atoms with Gasteiger partial charge in [0.25, 0.3) is 10.1 Å². The van der Waals surface area contributed by atoms with Gasteiger partial charge in [-0.25, -0.2) is 0 Å². The molecule has 0 unspecified atom stereocenters. The van der Waals surface area contributed by atoms with Gasteiger partial charge in [-0.15, -0.1) is 0 Å². The maximum absolute atomic E-state index is 12.6. The van der Waals surface area contributed by atoms with Gasteiger partial charge in [-0.1, -0.05) is 91.0 Å². The summed E-state index contributed by atoms with van der Waals surface area (Å²) >= 11 is -1.91. The Morgan fingerprint density at radius 2 is 1.07 bits per heavy atom. The average molecular weight is 528 g/mol. The van der Waals surface area contributed by atoms with E-state index < -0.39 is 31.3 Å². The topological polar surface area (TPSA) is 71.4 Å². The van der Waals surface area contributed by atoms with Crippen LogP contribution in [-0.2, 0) is 13.2 Å². The van der Waals surface area contributed by atoms with E-state index in [9.17, 15) is 16.0 Å². The van der Waals surface area contributed by atoms with Gasteiger partial charge in [0.05, 0.1) is 3.57 Å². The predicted octanol–water partition coefficient (Wildman–Crippen LogP) is 6.42. The van der Waals surface area contributed by atoms with Crippen LogP contribution in [-0.4, -0.2) is 13.0 Å². The number of halogens is 1. The summed E-state index contributed by atoms with van der Waals surface area (Å²) in [4.78, 5) is -0.281. The van der Waals surface area contributed by atoms with Gasteiger partial charge in [-0.3, -0.25) is 7.62 Å². The highest BCUT2D eigenvalue weighted by molar-refractivity contribution is 14.1. The Morgan fingerprint density at radius 1 is 0.633 bits per heavy atom. The highest BCUT2D eigenvalue weighted by Crippen LogP contribution is 2.44. The first-order valence-electron chi connectivity index (χ1n) is 9.12. The van der Waals surface area contributed by atoms with Crippen molar-refractivity contribution in [2.75, 3.05) is 0 Å². The van der Waals surface area contributed by atoms with Crippen molar-refractivity contribution in [3.05, 3.63) is 101 Å². The lowest BCUT2D eigenvalue weighted by Gasteiger charge is -2.19. The van der Waals surface area contributed by atoms with Crippen LogP contribution in [0, 0.1) is 3.57 Å². The molecule has 4 nitrogen and oxygen atoms in total. The Morgan fingerprint density at radius 3 is 1.50 bits per heavy atom. The Balaban J connectivity index is 2.22.